The van der Waals surface area contributed by atoms with Crippen molar-refractivity contribution in [2.75, 3.05) is 4.72 Å². The van der Waals surface area contributed by atoms with Gasteiger partial charge in [-0.25, -0.2) is 17.8 Å². The zero-order valence-corrected chi connectivity index (χ0v) is 11.4. The van der Waals surface area contributed by atoms with Crippen LogP contribution in [0.2, 0.25) is 5.02 Å². The average molecular weight is 312 g/mol. The molecule has 0 spiro atoms. The van der Waals surface area contributed by atoms with Gasteiger partial charge < -0.3 is 0 Å². The molecule has 1 aromatic heterocycles. The minimum absolute atomic E-state index is 0.211. The second kappa shape index (κ2) is 5.45. The second-order valence-corrected chi connectivity index (χ2v) is 5.73. The molecule has 1 N–H and O–H groups in total. The van der Waals surface area contributed by atoms with Crippen LogP contribution in [0.5, 0.6) is 0 Å². The van der Waals surface area contributed by atoms with Crippen LogP contribution in [0.15, 0.2) is 41.4 Å². The van der Waals surface area contributed by atoms with Gasteiger partial charge in [-0.15, -0.1) is 0 Å². The Morgan fingerprint density at radius 1 is 1.30 bits per heavy atom. The Bertz CT molecular complexity index is 803. The molecule has 0 saturated carbocycles. The molecule has 1 aromatic carbocycles. The lowest BCUT2D eigenvalue weighted by atomic mass is 10.3. The van der Waals surface area contributed by atoms with Gasteiger partial charge in [0.1, 0.15) is 11.0 Å². The Balaban J connectivity index is 2.47. The van der Waals surface area contributed by atoms with E-state index < -0.39 is 15.8 Å². The lowest BCUT2D eigenvalue weighted by Gasteiger charge is -2.10. The largest absolute Gasteiger partial charge is 0.277 e. The topological polar surface area (TPSA) is 82.8 Å². The van der Waals surface area contributed by atoms with Gasteiger partial charge in [-0.1, -0.05) is 17.7 Å². The number of hydrogen-bond donors (Lipinski definition) is 1. The molecule has 0 aliphatic carbocycles. The number of anilines is 1. The van der Waals surface area contributed by atoms with Gasteiger partial charge in [0.25, 0.3) is 10.0 Å². The quantitative estimate of drug-likeness (QED) is 0.944. The molecule has 0 aliphatic heterocycles. The van der Waals surface area contributed by atoms with Gasteiger partial charge in [0, 0.05) is 6.20 Å². The first kappa shape index (κ1) is 14.2. The van der Waals surface area contributed by atoms with Crippen molar-refractivity contribution in [3.8, 4) is 6.07 Å². The van der Waals surface area contributed by atoms with Crippen LogP contribution in [0.3, 0.4) is 0 Å². The highest BCUT2D eigenvalue weighted by atomic mass is 35.5. The van der Waals surface area contributed by atoms with Gasteiger partial charge in [-0.3, -0.25) is 4.72 Å². The average Bonchev–Trinajstić information content (AvgIpc) is 2.43. The van der Waals surface area contributed by atoms with Crippen LogP contribution in [0.25, 0.3) is 0 Å². The van der Waals surface area contributed by atoms with E-state index in [0.29, 0.717) is 0 Å². The van der Waals surface area contributed by atoms with Crippen molar-refractivity contribution < 1.29 is 12.8 Å². The van der Waals surface area contributed by atoms with E-state index in [1.165, 1.54) is 36.5 Å². The molecule has 0 saturated heterocycles. The lowest BCUT2D eigenvalue weighted by Crippen LogP contribution is -2.16. The molecule has 1 heterocycles. The summed E-state index contributed by atoms with van der Waals surface area (Å²) in [6, 6.07) is 8.15. The number of nitrogens with zero attached hydrogens (tertiary/aromatic N) is 2. The Hall–Kier alpha value is -2.17. The van der Waals surface area contributed by atoms with Gasteiger partial charge in [0.05, 0.1) is 10.7 Å². The summed E-state index contributed by atoms with van der Waals surface area (Å²) in [5.41, 5.74) is -0.576. The summed E-state index contributed by atoms with van der Waals surface area (Å²) in [4.78, 5) is 3.31. The molecule has 8 heteroatoms. The van der Waals surface area contributed by atoms with Crippen LogP contribution in [-0.4, -0.2) is 13.4 Å². The first-order valence-electron chi connectivity index (χ1n) is 5.27. The molecule has 0 bridgehead atoms. The van der Waals surface area contributed by atoms with Crippen LogP contribution in [-0.2, 0) is 10.0 Å². The van der Waals surface area contributed by atoms with Gasteiger partial charge in [-0.2, -0.15) is 5.26 Å². The molecular formula is C12H7ClFN3O2S. The van der Waals surface area contributed by atoms with Crippen LogP contribution in [0, 0.1) is 17.1 Å². The van der Waals surface area contributed by atoms with Crippen molar-refractivity contribution in [2.45, 2.75) is 4.90 Å². The van der Waals surface area contributed by atoms with Crippen molar-refractivity contribution in [1.82, 2.24) is 4.98 Å². The Morgan fingerprint density at radius 3 is 2.75 bits per heavy atom. The maximum atomic E-state index is 13.7. The number of nitriles is 1. The van der Waals surface area contributed by atoms with E-state index in [9.17, 15) is 12.8 Å². The fraction of sp³-hybridized carbons (Fsp3) is 0. The number of pyridine rings is 1. The zero-order valence-electron chi connectivity index (χ0n) is 9.84. The first-order valence-corrected chi connectivity index (χ1v) is 7.14. The minimum Gasteiger partial charge on any atom is -0.277 e. The molecule has 0 amide bonds. The van der Waals surface area contributed by atoms with Crippen LogP contribution < -0.4 is 4.72 Å². The number of rotatable bonds is 3. The monoisotopic (exact) mass is 311 g/mol. The van der Waals surface area contributed by atoms with E-state index in [0.717, 1.165) is 0 Å². The van der Waals surface area contributed by atoms with Gasteiger partial charge in [-0.05, 0) is 24.3 Å². The van der Waals surface area contributed by atoms with Gasteiger partial charge in [0.2, 0.25) is 0 Å². The highest BCUT2D eigenvalue weighted by Gasteiger charge is 2.21. The van der Waals surface area contributed by atoms with Gasteiger partial charge >= 0.3 is 0 Å². The summed E-state index contributed by atoms with van der Waals surface area (Å²) in [5, 5.41) is 8.64. The number of halogens is 2. The lowest BCUT2D eigenvalue weighted by molar-refractivity contribution is 0.598. The number of benzene rings is 1. The van der Waals surface area contributed by atoms with Gasteiger partial charge in [0.15, 0.2) is 11.5 Å². The molecule has 20 heavy (non-hydrogen) atoms. The van der Waals surface area contributed by atoms with E-state index in [2.05, 4.69) is 4.98 Å². The standard InChI is InChI=1S/C12H7ClFN3O2S/c13-8-3-1-4-9(12(8)14)17-20(18,19)11-5-2-6-16-10(11)7-15/h1-6,17H. The first-order chi connectivity index (χ1) is 9.45. The van der Waals surface area contributed by atoms with Crippen molar-refractivity contribution in [2.24, 2.45) is 0 Å². The summed E-state index contributed by atoms with van der Waals surface area (Å²) in [7, 11) is -4.13. The number of sulfonamides is 1. The molecule has 2 rings (SSSR count). The Kier molecular flexibility index (Phi) is 3.88. The molecule has 102 valence electrons. The zero-order chi connectivity index (χ0) is 14.8. The van der Waals surface area contributed by atoms with E-state index in [1.807, 2.05) is 4.72 Å². The van der Waals surface area contributed by atoms with Crippen LogP contribution >= 0.6 is 11.6 Å². The minimum atomic E-state index is -4.13. The van der Waals surface area contributed by atoms with E-state index in [1.54, 1.807) is 6.07 Å². The molecule has 0 radical (unpaired) electrons. The van der Waals surface area contributed by atoms with E-state index in [4.69, 9.17) is 16.9 Å². The normalized spacial score (nSPS) is 10.8. The Morgan fingerprint density at radius 2 is 2.05 bits per heavy atom. The number of hydrogen-bond acceptors (Lipinski definition) is 4. The van der Waals surface area contributed by atoms with Crippen molar-refractivity contribution in [3.63, 3.8) is 0 Å². The summed E-state index contributed by atoms with van der Waals surface area (Å²) in [6.45, 7) is 0. The number of nitrogens with one attached hydrogen (secondary N) is 1. The smallest absolute Gasteiger partial charge is 0.264 e. The Labute approximate surface area is 119 Å². The molecule has 0 fully saturated rings. The number of aromatic nitrogens is 1. The summed E-state index contributed by atoms with van der Waals surface area (Å²) < 4.78 is 40.0. The van der Waals surface area contributed by atoms with Crippen LogP contribution in [0.1, 0.15) is 5.69 Å². The fourth-order valence-electron chi connectivity index (χ4n) is 1.47. The highest BCUT2D eigenvalue weighted by Crippen LogP contribution is 2.25. The molecule has 0 aliphatic rings. The highest BCUT2D eigenvalue weighted by molar-refractivity contribution is 7.92. The van der Waals surface area contributed by atoms with Crippen LogP contribution in [0.4, 0.5) is 10.1 Å². The third-order valence-corrected chi connectivity index (χ3v) is 4.05. The molecule has 5 nitrogen and oxygen atoms in total. The van der Waals surface area contributed by atoms with E-state index in [-0.39, 0.29) is 21.3 Å². The molecule has 2 aromatic rings. The van der Waals surface area contributed by atoms with Crippen molar-refractivity contribution in [1.29, 1.82) is 5.26 Å². The molecular weight excluding hydrogens is 305 g/mol. The molecule has 0 unspecified atom stereocenters. The fourth-order valence-corrected chi connectivity index (χ4v) is 2.82. The predicted octanol–water partition coefficient (Wildman–Crippen LogP) is 2.55. The predicted molar refractivity (Wildman–Crippen MR) is 71.2 cm³/mol. The maximum absolute atomic E-state index is 13.7. The summed E-state index contributed by atoms with van der Waals surface area (Å²) in [5.74, 6) is -0.889. The third-order valence-electron chi connectivity index (χ3n) is 2.36. The SMILES string of the molecule is N#Cc1ncccc1S(=O)(=O)Nc1cccc(Cl)c1F. The van der Waals surface area contributed by atoms with Crippen molar-refractivity contribution >= 4 is 27.3 Å². The van der Waals surface area contributed by atoms with E-state index >= 15 is 0 Å². The summed E-state index contributed by atoms with van der Waals surface area (Å²) >= 11 is 5.57. The van der Waals surface area contributed by atoms with Crippen molar-refractivity contribution in [3.05, 3.63) is 53.1 Å². The molecule has 0 atom stereocenters. The third kappa shape index (κ3) is 2.71. The second-order valence-electron chi connectivity index (χ2n) is 3.67. The summed E-state index contributed by atoms with van der Waals surface area (Å²) in [6.07, 6.45) is 1.29. The maximum Gasteiger partial charge on any atom is 0.264 e.